The number of halogens is 3. The van der Waals surface area contributed by atoms with Crippen LogP contribution in [0.1, 0.15) is 26.4 Å². The second-order valence-corrected chi connectivity index (χ2v) is 7.71. The van der Waals surface area contributed by atoms with Gasteiger partial charge in [0.05, 0.1) is 11.3 Å². The lowest BCUT2D eigenvalue weighted by molar-refractivity contribution is -0.137. The van der Waals surface area contributed by atoms with Gasteiger partial charge in [0.1, 0.15) is 5.56 Å². The van der Waals surface area contributed by atoms with E-state index >= 15 is 0 Å². The zero-order valence-electron chi connectivity index (χ0n) is 15.8. The summed E-state index contributed by atoms with van der Waals surface area (Å²) in [6.07, 6.45) is -1.26. The Hall–Kier alpha value is -3.66. The fourth-order valence-electron chi connectivity index (χ4n) is 3.00. The van der Waals surface area contributed by atoms with Crippen LogP contribution < -0.4 is 16.4 Å². The third-order valence-corrected chi connectivity index (χ3v) is 5.46. The summed E-state index contributed by atoms with van der Waals surface area (Å²) >= 11 is 1.32. The first kappa shape index (κ1) is 20.6. The van der Waals surface area contributed by atoms with Crippen LogP contribution in [0.3, 0.4) is 0 Å². The van der Waals surface area contributed by atoms with Crippen molar-refractivity contribution in [3.8, 4) is 0 Å². The number of hydrogen-bond acceptors (Lipinski definition) is 5. The van der Waals surface area contributed by atoms with Gasteiger partial charge >= 0.3 is 6.18 Å². The lowest BCUT2D eigenvalue weighted by Crippen LogP contribution is -2.35. The molecule has 0 atom stereocenters. The maximum atomic E-state index is 13.1. The molecule has 158 valence electrons. The lowest BCUT2D eigenvalue weighted by Gasteiger charge is -2.14. The smallest absolute Gasteiger partial charge is 0.298 e. The van der Waals surface area contributed by atoms with Gasteiger partial charge in [-0.05, 0) is 17.7 Å². The van der Waals surface area contributed by atoms with Gasteiger partial charge in [0.15, 0.2) is 4.96 Å². The molecule has 0 aliphatic rings. The van der Waals surface area contributed by atoms with Crippen molar-refractivity contribution in [1.82, 2.24) is 14.8 Å². The SMILES string of the molecule is O=C(NNc1ccccc1C(F)(F)F)c1cnc2sc(Cc3ccccc3)cn2c1=O. The minimum Gasteiger partial charge on any atom is -0.298 e. The molecule has 2 N–H and O–H groups in total. The summed E-state index contributed by atoms with van der Waals surface area (Å²) in [6.45, 7) is 0. The number of alkyl halides is 3. The highest BCUT2D eigenvalue weighted by atomic mass is 32.1. The largest absolute Gasteiger partial charge is 0.418 e. The molecule has 2 heterocycles. The summed E-state index contributed by atoms with van der Waals surface area (Å²) in [5.41, 5.74) is 3.27. The van der Waals surface area contributed by atoms with E-state index in [2.05, 4.69) is 15.8 Å². The number of para-hydroxylation sites is 1. The average molecular weight is 444 g/mol. The number of aromatic nitrogens is 2. The Morgan fingerprint density at radius 1 is 1.06 bits per heavy atom. The van der Waals surface area contributed by atoms with E-state index in [1.165, 1.54) is 33.9 Å². The lowest BCUT2D eigenvalue weighted by atomic mass is 10.1. The zero-order valence-corrected chi connectivity index (χ0v) is 16.6. The van der Waals surface area contributed by atoms with Gasteiger partial charge in [-0.25, -0.2) is 4.98 Å². The monoisotopic (exact) mass is 444 g/mol. The number of nitrogens with zero attached hydrogens (tertiary/aromatic N) is 2. The van der Waals surface area contributed by atoms with Crippen molar-refractivity contribution in [1.29, 1.82) is 0 Å². The number of hydrogen-bond donors (Lipinski definition) is 2. The molecular weight excluding hydrogens is 429 g/mol. The van der Waals surface area contributed by atoms with E-state index in [-0.39, 0.29) is 11.3 Å². The zero-order chi connectivity index (χ0) is 22.0. The molecule has 4 aromatic rings. The Morgan fingerprint density at radius 3 is 2.52 bits per heavy atom. The third kappa shape index (κ3) is 4.43. The minimum atomic E-state index is -4.60. The number of hydrazine groups is 1. The van der Waals surface area contributed by atoms with Crippen LogP contribution in [-0.2, 0) is 12.6 Å². The Bertz CT molecular complexity index is 1300. The number of carbonyl (C=O) groups is 1. The van der Waals surface area contributed by atoms with Gasteiger partial charge in [-0.1, -0.05) is 42.5 Å². The molecule has 6 nitrogen and oxygen atoms in total. The topological polar surface area (TPSA) is 75.5 Å². The molecule has 0 saturated heterocycles. The van der Waals surface area contributed by atoms with Crippen molar-refractivity contribution in [2.45, 2.75) is 12.6 Å². The first-order valence-electron chi connectivity index (χ1n) is 9.09. The van der Waals surface area contributed by atoms with E-state index < -0.39 is 23.2 Å². The van der Waals surface area contributed by atoms with Crippen LogP contribution in [0.5, 0.6) is 0 Å². The van der Waals surface area contributed by atoms with Gasteiger partial charge in [-0.15, -0.1) is 11.3 Å². The van der Waals surface area contributed by atoms with E-state index in [0.717, 1.165) is 22.7 Å². The summed E-state index contributed by atoms with van der Waals surface area (Å²) in [5, 5.41) is 0. The maximum absolute atomic E-state index is 13.1. The molecule has 2 aromatic heterocycles. The fourth-order valence-corrected chi connectivity index (χ4v) is 3.97. The predicted octanol–water partition coefficient (Wildman–Crippen LogP) is 4.12. The molecule has 0 aliphatic heterocycles. The second-order valence-electron chi connectivity index (χ2n) is 6.61. The molecule has 2 aromatic carbocycles. The first-order valence-corrected chi connectivity index (χ1v) is 9.91. The summed E-state index contributed by atoms with van der Waals surface area (Å²) in [6, 6.07) is 14.4. The van der Waals surface area contributed by atoms with Crippen molar-refractivity contribution in [2.24, 2.45) is 0 Å². The quantitative estimate of drug-likeness (QED) is 0.454. The molecule has 4 rings (SSSR count). The number of carbonyl (C=O) groups excluding carboxylic acids is 1. The number of benzene rings is 2. The van der Waals surface area contributed by atoms with Crippen LogP contribution in [0.4, 0.5) is 18.9 Å². The van der Waals surface area contributed by atoms with Crippen molar-refractivity contribution < 1.29 is 18.0 Å². The molecule has 0 saturated carbocycles. The van der Waals surface area contributed by atoms with E-state index in [4.69, 9.17) is 0 Å². The average Bonchev–Trinajstić information content (AvgIpc) is 3.16. The Labute approximate surface area is 178 Å². The van der Waals surface area contributed by atoms with E-state index in [1.54, 1.807) is 6.20 Å². The maximum Gasteiger partial charge on any atom is 0.418 e. The summed E-state index contributed by atoms with van der Waals surface area (Å²) < 4.78 is 40.5. The molecule has 0 spiro atoms. The van der Waals surface area contributed by atoms with E-state index in [0.29, 0.717) is 11.4 Å². The second kappa shape index (κ2) is 8.23. The standard InChI is InChI=1S/C21H15F3N4O2S/c22-21(23,24)16-8-4-5-9-17(16)26-27-18(29)15-11-25-20-28(19(15)30)12-14(31-20)10-13-6-2-1-3-7-13/h1-9,11-12,26H,10H2,(H,27,29). The molecule has 0 aliphatic carbocycles. The highest BCUT2D eigenvalue weighted by Crippen LogP contribution is 2.34. The van der Waals surface area contributed by atoms with Crippen molar-refractivity contribution in [2.75, 3.05) is 5.43 Å². The van der Waals surface area contributed by atoms with Gasteiger partial charge in [-0.2, -0.15) is 13.2 Å². The van der Waals surface area contributed by atoms with Gasteiger partial charge in [0, 0.05) is 23.7 Å². The number of amides is 1. The molecule has 10 heteroatoms. The van der Waals surface area contributed by atoms with Gasteiger partial charge in [-0.3, -0.25) is 24.8 Å². The molecule has 31 heavy (non-hydrogen) atoms. The van der Waals surface area contributed by atoms with Gasteiger partial charge < -0.3 is 0 Å². The molecule has 0 bridgehead atoms. The summed E-state index contributed by atoms with van der Waals surface area (Å²) in [4.78, 5) is 30.6. The highest BCUT2D eigenvalue weighted by Gasteiger charge is 2.33. The molecule has 0 radical (unpaired) electrons. The molecule has 0 unspecified atom stereocenters. The minimum absolute atomic E-state index is 0.293. The number of fused-ring (bicyclic) bond motifs is 1. The summed E-state index contributed by atoms with van der Waals surface area (Å²) in [5.74, 6) is -0.889. The molecular formula is C21H15F3N4O2S. The van der Waals surface area contributed by atoms with Crippen LogP contribution in [0, 0.1) is 0 Å². The fraction of sp³-hybridized carbons (Fsp3) is 0.0952. The Kier molecular flexibility index (Phi) is 5.47. The van der Waals surface area contributed by atoms with Gasteiger partial charge in [0.2, 0.25) is 0 Å². The van der Waals surface area contributed by atoms with Gasteiger partial charge in [0.25, 0.3) is 11.5 Å². The van der Waals surface area contributed by atoms with Crippen molar-refractivity contribution in [3.63, 3.8) is 0 Å². The number of rotatable bonds is 5. The van der Waals surface area contributed by atoms with Crippen LogP contribution >= 0.6 is 11.3 Å². The highest BCUT2D eigenvalue weighted by molar-refractivity contribution is 7.17. The van der Waals surface area contributed by atoms with Crippen LogP contribution in [-0.4, -0.2) is 15.3 Å². The molecule has 0 fully saturated rings. The van der Waals surface area contributed by atoms with E-state index in [1.807, 2.05) is 30.3 Å². The first-order chi connectivity index (χ1) is 14.8. The third-order valence-electron chi connectivity index (χ3n) is 4.46. The summed E-state index contributed by atoms with van der Waals surface area (Å²) in [7, 11) is 0. The Balaban J connectivity index is 1.55. The predicted molar refractivity (Wildman–Crippen MR) is 111 cm³/mol. The van der Waals surface area contributed by atoms with E-state index in [9.17, 15) is 22.8 Å². The normalized spacial score (nSPS) is 11.5. The van der Waals surface area contributed by atoms with Crippen LogP contribution in [0.15, 0.2) is 71.8 Å². The van der Waals surface area contributed by atoms with Crippen LogP contribution in [0.2, 0.25) is 0 Å². The Morgan fingerprint density at radius 2 is 1.77 bits per heavy atom. The molecule has 1 amide bonds. The number of anilines is 1. The van der Waals surface area contributed by atoms with Crippen LogP contribution in [0.25, 0.3) is 4.96 Å². The van der Waals surface area contributed by atoms with Crippen molar-refractivity contribution in [3.05, 3.63) is 98.9 Å². The van der Waals surface area contributed by atoms with Crippen molar-refractivity contribution >= 4 is 27.9 Å². The number of nitrogens with one attached hydrogen (secondary N) is 2. The number of thiazole rings is 1.